The van der Waals surface area contributed by atoms with Crippen molar-refractivity contribution in [3.05, 3.63) is 34.9 Å². The lowest BCUT2D eigenvalue weighted by atomic mass is 9.96. The first kappa shape index (κ1) is 13.4. The molecule has 2 unspecified atom stereocenters. The van der Waals surface area contributed by atoms with Crippen molar-refractivity contribution in [2.75, 3.05) is 6.54 Å². The van der Waals surface area contributed by atoms with Crippen molar-refractivity contribution in [2.45, 2.75) is 38.3 Å². The Morgan fingerprint density at radius 3 is 2.67 bits per heavy atom. The smallest absolute Gasteiger partial charge is 0.254 e. The number of hydrogen-bond acceptors (Lipinski definition) is 2. The Labute approximate surface area is 113 Å². The standard InChI is InChI=1S/C14H19ClN2O/c1-10(16)13-4-2-3-9-17(13)14(18)11-5-7-12(15)8-6-11/h5-8,10,13H,2-4,9,16H2,1H3. The van der Waals surface area contributed by atoms with E-state index < -0.39 is 0 Å². The number of hydrogen-bond donors (Lipinski definition) is 1. The zero-order chi connectivity index (χ0) is 13.1. The molecular formula is C14H19ClN2O. The van der Waals surface area contributed by atoms with E-state index in [1.54, 1.807) is 24.3 Å². The SMILES string of the molecule is CC(N)C1CCCCN1C(=O)c1ccc(Cl)cc1. The summed E-state index contributed by atoms with van der Waals surface area (Å²) < 4.78 is 0. The predicted octanol–water partition coefficient (Wildman–Crippen LogP) is 2.68. The third-order valence-corrected chi connectivity index (χ3v) is 3.76. The number of piperidine rings is 1. The van der Waals surface area contributed by atoms with Crippen LogP contribution in [0.15, 0.2) is 24.3 Å². The van der Waals surface area contributed by atoms with E-state index in [1.807, 2.05) is 11.8 Å². The van der Waals surface area contributed by atoms with Gasteiger partial charge in [0.1, 0.15) is 0 Å². The molecule has 98 valence electrons. The van der Waals surface area contributed by atoms with Gasteiger partial charge in [0.2, 0.25) is 0 Å². The second-order valence-corrected chi connectivity index (χ2v) is 5.36. The largest absolute Gasteiger partial charge is 0.334 e. The van der Waals surface area contributed by atoms with Crippen molar-refractivity contribution in [3.8, 4) is 0 Å². The number of carbonyl (C=O) groups excluding carboxylic acids is 1. The van der Waals surface area contributed by atoms with Crippen molar-refractivity contribution in [1.29, 1.82) is 0 Å². The first-order valence-electron chi connectivity index (χ1n) is 6.41. The van der Waals surface area contributed by atoms with Crippen LogP contribution in [0.3, 0.4) is 0 Å². The van der Waals surface area contributed by atoms with Gasteiger partial charge in [-0.15, -0.1) is 0 Å². The summed E-state index contributed by atoms with van der Waals surface area (Å²) in [4.78, 5) is 14.4. The molecule has 1 aromatic rings. The average Bonchev–Trinajstić information content (AvgIpc) is 2.39. The van der Waals surface area contributed by atoms with Crippen LogP contribution in [0.2, 0.25) is 5.02 Å². The number of benzene rings is 1. The highest BCUT2D eigenvalue weighted by atomic mass is 35.5. The van der Waals surface area contributed by atoms with Gasteiger partial charge >= 0.3 is 0 Å². The lowest BCUT2D eigenvalue weighted by molar-refractivity contribution is 0.0584. The molecule has 4 heteroatoms. The Balaban J connectivity index is 2.18. The van der Waals surface area contributed by atoms with E-state index in [9.17, 15) is 4.79 Å². The molecule has 3 nitrogen and oxygen atoms in total. The summed E-state index contributed by atoms with van der Waals surface area (Å²) >= 11 is 5.84. The summed E-state index contributed by atoms with van der Waals surface area (Å²) in [5, 5.41) is 0.647. The summed E-state index contributed by atoms with van der Waals surface area (Å²) in [6, 6.07) is 7.22. The molecule has 0 bridgehead atoms. The van der Waals surface area contributed by atoms with Gasteiger partial charge in [-0.05, 0) is 50.5 Å². The summed E-state index contributed by atoms with van der Waals surface area (Å²) in [5.41, 5.74) is 6.67. The van der Waals surface area contributed by atoms with Crippen molar-refractivity contribution < 1.29 is 4.79 Å². The Morgan fingerprint density at radius 1 is 1.39 bits per heavy atom. The average molecular weight is 267 g/mol. The van der Waals surface area contributed by atoms with Crippen LogP contribution in [-0.4, -0.2) is 29.4 Å². The van der Waals surface area contributed by atoms with Gasteiger partial charge in [0.25, 0.3) is 5.91 Å². The first-order valence-corrected chi connectivity index (χ1v) is 6.79. The van der Waals surface area contributed by atoms with Crippen LogP contribution in [0.1, 0.15) is 36.5 Å². The Bertz CT molecular complexity index is 416. The number of amides is 1. The summed E-state index contributed by atoms with van der Waals surface area (Å²) in [6.45, 7) is 2.77. The molecule has 0 spiro atoms. The van der Waals surface area contributed by atoms with Crippen molar-refractivity contribution in [1.82, 2.24) is 4.90 Å². The number of carbonyl (C=O) groups is 1. The maximum absolute atomic E-state index is 12.5. The fourth-order valence-corrected chi connectivity index (χ4v) is 2.64. The van der Waals surface area contributed by atoms with E-state index in [0.29, 0.717) is 10.6 Å². The van der Waals surface area contributed by atoms with Gasteiger partial charge in [0.05, 0.1) is 0 Å². The summed E-state index contributed by atoms with van der Waals surface area (Å²) in [6.07, 6.45) is 3.20. The van der Waals surface area contributed by atoms with Crippen LogP contribution in [0.25, 0.3) is 0 Å². The molecule has 1 fully saturated rings. The van der Waals surface area contributed by atoms with Crippen molar-refractivity contribution in [2.24, 2.45) is 5.73 Å². The van der Waals surface area contributed by atoms with E-state index in [1.165, 1.54) is 0 Å². The van der Waals surface area contributed by atoms with Crippen LogP contribution < -0.4 is 5.73 Å². The topological polar surface area (TPSA) is 46.3 Å². The minimum absolute atomic E-state index is 0.0153. The Morgan fingerprint density at radius 2 is 2.06 bits per heavy atom. The number of nitrogens with zero attached hydrogens (tertiary/aromatic N) is 1. The molecule has 0 aromatic heterocycles. The number of nitrogens with two attached hydrogens (primary N) is 1. The highest BCUT2D eigenvalue weighted by Gasteiger charge is 2.29. The molecule has 0 aliphatic carbocycles. The minimum Gasteiger partial charge on any atom is -0.334 e. The fraction of sp³-hybridized carbons (Fsp3) is 0.500. The van der Waals surface area contributed by atoms with Crippen LogP contribution in [0.5, 0.6) is 0 Å². The molecule has 0 radical (unpaired) electrons. The van der Waals surface area contributed by atoms with Gasteiger partial charge in [-0.3, -0.25) is 4.79 Å². The molecule has 2 N–H and O–H groups in total. The van der Waals surface area contributed by atoms with Crippen LogP contribution >= 0.6 is 11.6 Å². The van der Waals surface area contributed by atoms with Gasteiger partial charge in [-0.2, -0.15) is 0 Å². The second kappa shape index (κ2) is 5.72. The molecule has 1 amide bonds. The van der Waals surface area contributed by atoms with Gasteiger partial charge in [0.15, 0.2) is 0 Å². The van der Waals surface area contributed by atoms with E-state index in [0.717, 1.165) is 25.8 Å². The van der Waals surface area contributed by atoms with E-state index in [-0.39, 0.29) is 18.0 Å². The maximum atomic E-state index is 12.5. The zero-order valence-corrected chi connectivity index (χ0v) is 11.4. The van der Waals surface area contributed by atoms with Gasteiger partial charge in [-0.25, -0.2) is 0 Å². The zero-order valence-electron chi connectivity index (χ0n) is 10.6. The quantitative estimate of drug-likeness (QED) is 0.895. The molecular weight excluding hydrogens is 248 g/mol. The predicted molar refractivity (Wildman–Crippen MR) is 73.8 cm³/mol. The van der Waals surface area contributed by atoms with E-state index >= 15 is 0 Å². The second-order valence-electron chi connectivity index (χ2n) is 4.93. The van der Waals surface area contributed by atoms with Crippen LogP contribution in [0.4, 0.5) is 0 Å². The normalized spacial score (nSPS) is 21.7. The first-order chi connectivity index (χ1) is 8.59. The molecule has 2 rings (SSSR count). The fourth-order valence-electron chi connectivity index (χ4n) is 2.51. The molecule has 1 saturated heterocycles. The highest BCUT2D eigenvalue weighted by molar-refractivity contribution is 6.30. The molecule has 1 aromatic carbocycles. The van der Waals surface area contributed by atoms with Gasteiger partial charge in [-0.1, -0.05) is 11.6 Å². The lowest BCUT2D eigenvalue weighted by Gasteiger charge is -2.38. The van der Waals surface area contributed by atoms with Crippen LogP contribution in [-0.2, 0) is 0 Å². The Hall–Kier alpha value is -1.06. The molecule has 18 heavy (non-hydrogen) atoms. The molecule has 0 saturated carbocycles. The van der Waals surface area contributed by atoms with Crippen molar-refractivity contribution in [3.63, 3.8) is 0 Å². The van der Waals surface area contributed by atoms with Crippen LogP contribution in [0, 0.1) is 0 Å². The number of halogens is 1. The third kappa shape index (κ3) is 2.85. The highest BCUT2D eigenvalue weighted by Crippen LogP contribution is 2.22. The molecule has 2 atom stereocenters. The maximum Gasteiger partial charge on any atom is 0.254 e. The van der Waals surface area contributed by atoms with E-state index in [4.69, 9.17) is 17.3 Å². The monoisotopic (exact) mass is 266 g/mol. The van der Waals surface area contributed by atoms with E-state index in [2.05, 4.69) is 0 Å². The number of likely N-dealkylation sites (tertiary alicyclic amines) is 1. The molecule has 1 aliphatic heterocycles. The summed E-state index contributed by atoms with van der Waals surface area (Å²) in [7, 11) is 0. The molecule has 1 heterocycles. The van der Waals surface area contributed by atoms with Gasteiger partial charge in [0, 0.05) is 29.2 Å². The number of rotatable bonds is 2. The summed E-state index contributed by atoms with van der Waals surface area (Å²) in [5.74, 6) is 0.0636. The minimum atomic E-state index is 0.0153. The molecule has 1 aliphatic rings. The van der Waals surface area contributed by atoms with Crippen molar-refractivity contribution >= 4 is 17.5 Å². The lowest BCUT2D eigenvalue weighted by Crippen LogP contribution is -2.51. The Kier molecular flexibility index (Phi) is 4.25. The van der Waals surface area contributed by atoms with Gasteiger partial charge < -0.3 is 10.6 Å². The third-order valence-electron chi connectivity index (χ3n) is 3.51.